The van der Waals surface area contributed by atoms with Gasteiger partial charge in [0.05, 0.1) is 14.1 Å². The van der Waals surface area contributed by atoms with Crippen LogP contribution in [0.15, 0.2) is 30.5 Å². The molecule has 2 aromatic rings. The van der Waals surface area contributed by atoms with Crippen molar-refractivity contribution in [3.63, 3.8) is 0 Å². The van der Waals surface area contributed by atoms with Crippen LogP contribution in [0, 0.1) is 0 Å². The van der Waals surface area contributed by atoms with Crippen LogP contribution in [-0.4, -0.2) is 19.1 Å². The molecule has 0 bridgehead atoms. The number of nitrogens with one attached hydrogen (secondary N) is 2. The van der Waals surface area contributed by atoms with Gasteiger partial charge in [-0.2, -0.15) is 0 Å². The van der Waals surface area contributed by atoms with Gasteiger partial charge < -0.3 is 22.3 Å². The lowest BCUT2D eigenvalue weighted by Crippen LogP contribution is -3.04. The third-order valence-electron chi connectivity index (χ3n) is 2.22. The quantitative estimate of drug-likeness (QED) is 0.562. The first kappa shape index (κ1) is 11.1. The predicted molar refractivity (Wildman–Crippen MR) is 54.8 cm³/mol. The molecule has 0 spiro atoms. The summed E-state index contributed by atoms with van der Waals surface area (Å²) in [7, 11) is 4.34. The zero-order chi connectivity index (χ0) is 9.26. The lowest BCUT2D eigenvalue weighted by Gasteiger charge is -2.04. The number of rotatable bonds is 2. The summed E-state index contributed by atoms with van der Waals surface area (Å²) in [6.45, 7) is 1.07. The highest BCUT2D eigenvalue weighted by Gasteiger charge is 2.04. The van der Waals surface area contributed by atoms with Gasteiger partial charge in [-0.1, -0.05) is 18.2 Å². The Morgan fingerprint density at radius 3 is 2.64 bits per heavy atom. The normalized spacial score (nSPS) is 10.5. The van der Waals surface area contributed by atoms with E-state index < -0.39 is 0 Å². The molecular weight excluding hydrogens is 196 g/mol. The summed E-state index contributed by atoms with van der Waals surface area (Å²) in [5.74, 6) is 0. The number of aromatic nitrogens is 1. The zero-order valence-corrected chi connectivity index (χ0v) is 9.23. The maximum atomic E-state index is 3.28. The average Bonchev–Trinajstić information content (AvgIpc) is 2.48. The Hall–Kier alpha value is -0.990. The Labute approximate surface area is 90.3 Å². The Morgan fingerprint density at radius 2 is 1.93 bits per heavy atom. The molecule has 3 heteroatoms. The molecule has 0 fully saturated rings. The van der Waals surface area contributed by atoms with Gasteiger partial charge in [0, 0.05) is 22.7 Å². The standard InChI is InChI=1S/C11H14N2.ClH/c1-13(2)8-9-7-12-11-6-4-3-5-10(9)11;/h3-7,12H,8H2,1-2H3;1H. The third-order valence-corrected chi connectivity index (χ3v) is 2.22. The molecule has 0 aliphatic rings. The average molecular weight is 211 g/mol. The van der Waals surface area contributed by atoms with Crippen LogP contribution in [0.3, 0.4) is 0 Å². The summed E-state index contributed by atoms with van der Waals surface area (Å²) in [6.07, 6.45) is 2.11. The number of halogens is 1. The first-order chi connectivity index (χ1) is 6.27. The molecular formula is C11H15ClN2. The summed E-state index contributed by atoms with van der Waals surface area (Å²) in [6, 6.07) is 8.43. The van der Waals surface area contributed by atoms with Gasteiger partial charge in [-0.15, -0.1) is 0 Å². The van der Waals surface area contributed by atoms with Crippen LogP contribution in [-0.2, 0) is 6.54 Å². The van der Waals surface area contributed by atoms with Crippen LogP contribution < -0.4 is 17.3 Å². The molecule has 0 aliphatic carbocycles. The van der Waals surface area contributed by atoms with E-state index in [9.17, 15) is 0 Å². The maximum absolute atomic E-state index is 3.28. The number of hydrogen-bond donors (Lipinski definition) is 2. The smallest absolute Gasteiger partial charge is 0.104 e. The largest absolute Gasteiger partial charge is 1.00 e. The molecule has 0 saturated heterocycles. The van der Waals surface area contributed by atoms with Gasteiger partial charge >= 0.3 is 0 Å². The molecule has 2 rings (SSSR count). The van der Waals surface area contributed by atoms with Crippen LogP contribution in [0.5, 0.6) is 0 Å². The number of quaternary nitrogens is 1. The minimum Gasteiger partial charge on any atom is -1.00 e. The van der Waals surface area contributed by atoms with Gasteiger partial charge in [0.25, 0.3) is 0 Å². The minimum atomic E-state index is 0. The summed E-state index contributed by atoms with van der Waals surface area (Å²) in [5.41, 5.74) is 2.63. The van der Waals surface area contributed by atoms with E-state index in [-0.39, 0.29) is 12.4 Å². The topological polar surface area (TPSA) is 20.2 Å². The molecule has 1 aromatic heterocycles. The van der Waals surface area contributed by atoms with Crippen LogP contribution in [0.25, 0.3) is 10.9 Å². The van der Waals surface area contributed by atoms with Crippen molar-refractivity contribution in [3.8, 4) is 0 Å². The van der Waals surface area contributed by atoms with Crippen molar-refractivity contribution in [2.75, 3.05) is 14.1 Å². The summed E-state index contributed by atoms with van der Waals surface area (Å²) < 4.78 is 0. The molecule has 2 nitrogen and oxygen atoms in total. The molecule has 0 amide bonds. The Balaban J connectivity index is 0.000000980. The Bertz CT molecular complexity index is 406. The van der Waals surface area contributed by atoms with Crippen molar-refractivity contribution in [2.24, 2.45) is 0 Å². The summed E-state index contributed by atoms with van der Waals surface area (Å²) in [5, 5.41) is 1.35. The van der Waals surface area contributed by atoms with E-state index in [2.05, 4.69) is 49.5 Å². The number of benzene rings is 1. The predicted octanol–water partition coefficient (Wildman–Crippen LogP) is -2.18. The van der Waals surface area contributed by atoms with E-state index >= 15 is 0 Å². The Kier molecular flexibility index (Phi) is 3.55. The fraction of sp³-hybridized carbons (Fsp3) is 0.273. The van der Waals surface area contributed by atoms with Crippen molar-refractivity contribution < 1.29 is 17.3 Å². The first-order valence-corrected chi connectivity index (χ1v) is 4.61. The molecule has 1 aromatic carbocycles. The van der Waals surface area contributed by atoms with E-state index in [0.717, 1.165) is 6.54 Å². The molecule has 0 radical (unpaired) electrons. The number of para-hydroxylation sites is 1. The van der Waals surface area contributed by atoms with Gasteiger partial charge in [-0.25, -0.2) is 0 Å². The van der Waals surface area contributed by atoms with Gasteiger partial charge in [-0.05, 0) is 6.07 Å². The second-order valence-corrected chi connectivity index (χ2v) is 3.74. The molecule has 0 aliphatic heterocycles. The lowest BCUT2D eigenvalue weighted by molar-refractivity contribution is -0.872. The minimum absolute atomic E-state index is 0. The monoisotopic (exact) mass is 210 g/mol. The number of fused-ring (bicyclic) bond motifs is 1. The lowest BCUT2D eigenvalue weighted by atomic mass is 10.2. The summed E-state index contributed by atoms with van der Waals surface area (Å²) in [4.78, 5) is 4.73. The van der Waals surface area contributed by atoms with Crippen LogP contribution in [0.2, 0.25) is 0 Å². The molecule has 0 unspecified atom stereocenters. The highest BCUT2D eigenvalue weighted by molar-refractivity contribution is 5.82. The molecule has 2 N–H and O–H groups in total. The number of hydrogen-bond acceptors (Lipinski definition) is 0. The Morgan fingerprint density at radius 1 is 1.21 bits per heavy atom. The van der Waals surface area contributed by atoms with Gasteiger partial charge in [0.15, 0.2) is 0 Å². The van der Waals surface area contributed by atoms with Crippen molar-refractivity contribution in [1.29, 1.82) is 0 Å². The van der Waals surface area contributed by atoms with Crippen LogP contribution in [0.4, 0.5) is 0 Å². The highest BCUT2D eigenvalue weighted by atomic mass is 35.5. The SMILES string of the molecule is C[NH+](C)Cc1c[nH]c2ccccc12.[Cl-]. The molecule has 0 atom stereocenters. The van der Waals surface area contributed by atoms with Crippen molar-refractivity contribution >= 4 is 10.9 Å². The van der Waals surface area contributed by atoms with E-state index in [0.29, 0.717) is 0 Å². The fourth-order valence-electron chi connectivity index (χ4n) is 1.66. The molecule has 14 heavy (non-hydrogen) atoms. The summed E-state index contributed by atoms with van der Waals surface area (Å²) >= 11 is 0. The third kappa shape index (κ3) is 2.08. The van der Waals surface area contributed by atoms with E-state index in [1.807, 2.05) is 0 Å². The van der Waals surface area contributed by atoms with Gasteiger partial charge in [0.1, 0.15) is 6.54 Å². The van der Waals surface area contributed by atoms with Crippen molar-refractivity contribution in [2.45, 2.75) is 6.54 Å². The highest BCUT2D eigenvalue weighted by Crippen LogP contribution is 2.16. The molecule has 0 saturated carbocycles. The van der Waals surface area contributed by atoms with Gasteiger partial charge in [0.2, 0.25) is 0 Å². The van der Waals surface area contributed by atoms with E-state index in [1.165, 1.54) is 21.4 Å². The van der Waals surface area contributed by atoms with Crippen molar-refractivity contribution in [1.82, 2.24) is 4.98 Å². The van der Waals surface area contributed by atoms with Gasteiger partial charge in [-0.3, -0.25) is 0 Å². The van der Waals surface area contributed by atoms with Crippen molar-refractivity contribution in [3.05, 3.63) is 36.0 Å². The van der Waals surface area contributed by atoms with Crippen LogP contribution in [0.1, 0.15) is 5.56 Å². The van der Waals surface area contributed by atoms with Crippen LogP contribution >= 0.6 is 0 Å². The second-order valence-electron chi connectivity index (χ2n) is 3.74. The fourth-order valence-corrected chi connectivity index (χ4v) is 1.66. The van der Waals surface area contributed by atoms with E-state index in [1.54, 1.807) is 0 Å². The number of aromatic amines is 1. The first-order valence-electron chi connectivity index (χ1n) is 4.61. The molecule has 1 heterocycles. The number of H-pyrrole nitrogens is 1. The zero-order valence-electron chi connectivity index (χ0n) is 8.47. The van der Waals surface area contributed by atoms with E-state index in [4.69, 9.17) is 0 Å². The second kappa shape index (κ2) is 4.49. The molecule has 76 valence electrons. The maximum Gasteiger partial charge on any atom is 0.104 e.